The first-order valence-corrected chi connectivity index (χ1v) is 8.98. The molecule has 0 radical (unpaired) electrons. The van der Waals surface area contributed by atoms with E-state index in [1.807, 2.05) is 66.7 Å². The molecule has 0 atom stereocenters. The zero-order valence-corrected chi connectivity index (χ0v) is 14.3. The van der Waals surface area contributed by atoms with Crippen molar-refractivity contribution >= 4 is 44.1 Å². The van der Waals surface area contributed by atoms with Crippen LogP contribution in [0.1, 0.15) is 9.67 Å². The number of thiophene rings is 1. The second-order valence-corrected chi connectivity index (χ2v) is 6.80. The molecule has 2 aromatic heterocycles. The predicted molar refractivity (Wildman–Crippen MR) is 104 cm³/mol. The third-order valence-electron chi connectivity index (χ3n) is 3.96. The molecule has 4 rings (SSSR count). The number of rotatable bonds is 5. The van der Waals surface area contributed by atoms with E-state index in [0.717, 1.165) is 31.7 Å². The monoisotopic (exact) mass is 347 g/mol. The maximum atomic E-state index is 12.3. The molecule has 0 spiro atoms. The summed E-state index contributed by atoms with van der Waals surface area (Å²) < 4.78 is 1.13. The van der Waals surface area contributed by atoms with Gasteiger partial charge in [0.05, 0.1) is 10.4 Å². The van der Waals surface area contributed by atoms with Crippen molar-refractivity contribution in [3.05, 3.63) is 71.6 Å². The number of carbonyl (C=O) groups is 1. The van der Waals surface area contributed by atoms with E-state index < -0.39 is 0 Å². The van der Waals surface area contributed by atoms with E-state index >= 15 is 0 Å². The number of carbonyl (C=O) groups excluding carboxylic acids is 1. The average Bonchev–Trinajstić information content (AvgIpc) is 3.09. The normalized spacial score (nSPS) is 10.9. The molecule has 2 heterocycles. The Morgan fingerprint density at radius 3 is 2.60 bits per heavy atom. The van der Waals surface area contributed by atoms with Crippen LogP contribution in [-0.4, -0.2) is 24.0 Å². The zero-order chi connectivity index (χ0) is 17.1. The summed E-state index contributed by atoms with van der Waals surface area (Å²) in [5.41, 5.74) is 0.960. The second kappa shape index (κ2) is 6.91. The smallest absolute Gasteiger partial charge is 0.261 e. The molecule has 0 saturated heterocycles. The van der Waals surface area contributed by atoms with E-state index in [1.165, 1.54) is 11.3 Å². The Hall–Kier alpha value is -2.92. The average molecular weight is 347 g/mol. The summed E-state index contributed by atoms with van der Waals surface area (Å²) in [5.74, 6) is 0.782. The maximum absolute atomic E-state index is 12.3. The summed E-state index contributed by atoms with van der Waals surface area (Å²) in [6.07, 6.45) is 0. The minimum atomic E-state index is -0.0329. The van der Waals surface area contributed by atoms with Gasteiger partial charge in [0.25, 0.3) is 5.91 Å². The van der Waals surface area contributed by atoms with Gasteiger partial charge in [0.15, 0.2) is 0 Å². The quantitative estimate of drug-likeness (QED) is 0.530. The Bertz CT molecular complexity index is 1010. The first-order chi connectivity index (χ1) is 12.3. The standard InChI is InChI=1S/C20H17N3OS/c24-20(18-13-15-6-2-4-8-17(15)25-18)22-12-11-21-19-10-9-14-5-1-3-7-16(14)23-19/h1-10,13H,11-12H2,(H,21,23)(H,22,24). The van der Waals surface area contributed by atoms with Gasteiger partial charge in [-0.15, -0.1) is 11.3 Å². The van der Waals surface area contributed by atoms with Crippen LogP contribution in [0.4, 0.5) is 5.82 Å². The van der Waals surface area contributed by atoms with Crippen LogP contribution >= 0.6 is 11.3 Å². The summed E-state index contributed by atoms with van der Waals surface area (Å²) in [5, 5.41) is 8.42. The second-order valence-electron chi connectivity index (χ2n) is 5.72. The molecule has 1 amide bonds. The summed E-state index contributed by atoms with van der Waals surface area (Å²) in [4.78, 5) is 17.6. The molecule has 0 aliphatic rings. The largest absolute Gasteiger partial charge is 0.368 e. The van der Waals surface area contributed by atoms with Gasteiger partial charge in [0, 0.05) is 23.2 Å². The van der Waals surface area contributed by atoms with Crippen LogP contribution in [0.2, 0.25) is 0 Å². The summed E-state index contributed by atoms with van der Waals surface area (Å²) in [7, 11) is 0. The van der Waals surface area contributed by atoms with Crippen LogP contribution in [0.3, 0.4) is 0 Å². The van der Waals surface area contributed by atoms with Gasteiger partial charge in [-0.25, -0.2) is 4.98 Å². The molecule has 0 fully saturated rings. The topological polar surface area (TPSA) is 54.0 Å². The minimum Gasteiger partial charge on any atom is -0.368 e. The molecule has 2 N–H and O–H groups in total. The van der Waals surface area contributed by atoms with E-state index in [4.69, 9.17) is 0 Å². The number of hydrogen-bond donors (Lipinski definition) is 2. The van der Waals surface area contributed by atoms with E-state index in [9.17, 15) is 4.79 Å². The first-order valence-electron chi connectivity index (χ1n) is 8.16. The molecule has 0 aliphatic carbocycles. The third-order valence-corrected chi connectivity index (χ3v) is 5.08. The van der Waals surface area contributed by atoms with E-state index in [0.29, 0.717) is 13.1 Å². The number of nitrogens with one attached hydrogen (secondary N) is 2. The van der Waals surface area contributed by atoms with Crippen molar-refractivity contribution in [3.8, 4) is 0 Å². The van der Waals surface area contributed by atoms with Gasteiger partial charge in [0.2, 0.25) is 0 Å². The van der Waals surface area contributed by atoms with Gasteiger partial charge in [-0.1, -0.05) is 36.4 Å². The van der Waals surface area contributed by atoms with Crippen LogP contribution in [0, 0.1) is 0 Å². The van der Waals surface area contributed by atoms with Crippen LogP contribution in [0.5, 0.6) is 0 Å². The Balaban J connectivity index is 1.33. The number of para-hydroxylation sites is 1. The van der Waals surface area contributed by atoms with E-state index in [1.54, 1.807) is 0 Å². The Labute approximate surface area is 149 Å². The molecule has 5 heteroatoms. The fourth-order valence-electron chi connectivity index (χ4n) is 2.71. The lowest BCUT2D eigenvalue weighted by molar-refractivity contribution is 0.0959. The molecule has 124 valence electrons. The Morgan fingerprint density at radius 1 is 0.920 bits per heavy atom. The fraction of sp³-hybridized carbons (Fsp3) is 0.100. The molecule has 0 aliphatic heterocycles. The van der Waals surface area contributed by atoms with Crippen molar-refractivity contribution < 1.29 is 4.79 Å². The summed E-state index contributed by atoms with van der Waals surface area (Å²) in [6, 6.07) is 22.0. The lowest BCUT2D eigenvalue weighted by Gasteiger charge is -2.07. The highest BCUT2D eigenvalue weighted by Crippen LogP contribution is 2.25. The van der Waals surface area contributed by atoms with Gasteiger partial charge in [0.1, 0.15) is 5.82 Å². The van der Waals surface area contributed by atoms with Crippen molar-refractivity contribution in [2.75, 3.05) is 18.4 Å². The highest BCUT2D eigenvalue weighted by atomic mass is 32.1. The molecule has 0 saturated carbocycles. The van der Waals surface area contributed by atoms with Crippen LogP contribution < -0.4 is 10.6 Å². The summed E-state index contributed by atoms with van der Waals surface area (Å²) >= 11 is 1.52. The molecule has 0 bridgehead atoms. The van der Waals surface area contributed by atoms with Gasteiger partial charge in [-0.3, -0.25) is 4.79 Å². The van der Waals surface area contributed by atoms with Gasteiger partial charge < -0.3 is 10.6 Å². The number of hydrogen-bond acceptors (Lipinski definition) is 4. The molecular formula is C20H17N3OS. The lowest BCUT2D eigenvalue weighted by Crippen LogP contribution is -2.28. The number of anilines is 1. The van der Waals surface area contributed by atoms with Gasteiger partial charge in [-0.2, -0.15) is 0 Å². The number of pyridine rings is 1. The lowest BCUT2D eigenvalue weighted by atomic mass is 10.2. The molecule has 0 unspecified atom stereocenters. The van der Waals surface area contributed by atoms with Gasteiger partial charge >= 0.3 is 0 Å². The highest BCUT2D eigenvalue weighted by molar-refractivity contribution is 7.20. The fourth-order valence-corrected chi connectivity index (χ4v) is 3.69. The first kappa shape index (κ1) is 15.6. The molecule has 25 heavy (non-hydrogen) atoms. The van der Waals surface area contributed by atoms with E-state index in [2.05, 4.69) is 15.6 Å². The van der Waals surface area contributed by atoms with Crippen molar-refractivity contribution in [2.45, 2.75) is 0 Å². The minimum absolute atomic E-state index is 0.0329. The van der Waals surface area contributed by atoms with Crippen LogP contribution in [0.25, 0.3) is 21.0 Å². The van der Waals surface area contributed by atoms with Crippen molar-refractivity contribution in [2.24, 2.45) is 0 Å². The number of benzene rings is 2. The number of amides is 1. The van der Waals surface area contributed by atoms with Crippen molar-refractivity contribution in [1.29, 1.82) is 0 Å². The highest BCUT2D eigenvalue weighted by Gasteiger charge is 2.09. The molecular weight excluding hydrogens is 330 g/mol. The van der Waals surface area contributed by atoms with Crippen molar-refractivity contribution in [1.82, 2.24) is 10.3 Å². The predicted octanol–water partition coefficient (Wildman–Crippen LogP) is 4.29. The maximum Gasteiger partial charge on any atom is 0.261 e. The molecule has 2 aromatic carbocycles. The van der Waals surface area contributed by atoms with Crippen molar-refractivity contribution in [3.63, 3.8) is 0 Å². The number of fused-ring (bicyclic) bond motifs is 2. The zero-order valence-electron chi connectivity index (χ0n) is 13.5. The molecule has 4 aromatic rings. The number of aromatic nitrogens is 1. The summed E-state index contributed by atoms with van der Waals surface area (Å²) in [6.45, 7) is 1.17. The van der Waals surface area contributed by atoms with Crippen LogP contribution in [-0.2, 0) is 0 Å². The van der Waals surface area contributed by atoms with Gasteiger partial charge in [-0.05, 0) is 35.7 Å². The molecule has 4 nitrogen and oxygen atoms in total. The Morgan fingerprint density at radius 2 is 1.72 bits per heavy atom. The number of nitrogens with zero attached hydrogens (tertiary/aromatic N) is 1. The Kier molecular flexibility index (Phi) is 4.31. The van der Waals surface area contributed by atoms with Crippen LogP contribution in [0.15, 0.2) is 66.7 Å². The van der Waals surface area contributed by atoms with E-state index in [-0.39, 0.29) is 5.91 Å². The third kappa shape index (κ3) is 3.46. The SMILES string of the molecule is O=C(NCCNc1ccc2ccccc2n1)c1cc2ccccc2s1.